The van der Waals surface area contributed by atoms with Crippen LogP contribution in [-0.4, -0.2) is 99.0 Å². The van der Waals surface area contributed by atoms with E-state index >= 15 is 0 Å². The Kier molecular flexibility index (Phi) is 14.0. The van der Waals surface area contributed by atoms with E-state index in [9.17, 15) is 46.7 Å². The van der Waals surface area contributed by atoms with Crippen molar-refractivity contribution in [2.75, 3.05) is 37.4 Å². The number of imide groups is 1. The average Bonchev–Trinajstić information content (AvgIpc) is 3.69. The predicted molar refractivity (Wildman–Crippen MR) is 261 cm³/mol. The molecule has 9 rings (SSSR count). The second-order valence-corrected chi connectivity index (χ2v) is 18.1. The molecule has 384 valence electrons. The van der Waals surface area contributed by atoms with Gasteiger partial charge in [0.1, 0.15) is 29.4 Å². The van der Waals surface area contributed by atoms with Crippen molar-refractivity contribution in [2.24, 2.45) is 13.0 Å². The lowest BCUT2D eigenvalue weighted by Crippen LogP contribution is -2.52. The molecule has 5 heterocycles. The number of anilines is 2. The van der Waals surface area contributed by atoms with E-state index in [1.165, 1.54) is 24.4 Å². The number of nitrogens with one attached hydrogen (secondary N) is 3. The Labute approximate surface area is 419 Å². The number of hydrogen-bond acceptors (Lipinski definition) is 13. The molecule has 6 amide bonds. The van der Waals surface area contributed by atoms with Crippen LogP contribution in [0.2, 0.25) is 0 Å². The summed E-state index contributed by atoms with van der Waals surface area (Å²) in [6.45, 7) is 4.18. The van der Waals surface area contributed by atoms with Crippen LogP contribution in [0.5, 0.6) is 28.9 Å². The van der Waals surface area contributed by atoms with Crippen LogP contribution in [0.3, 0.4) is 0 Å². The third-order valence-electron chi connectivity index (χ3n) is 13.5. The van der Waals surface area contributed by atoms with E-state index in [4.69, 9.17) is 14.2 Å². The van der Waals surface area contributed by atoms with Gasteiger partial charge in [0.05, 0.1) is 28.9 Å². The number of methoxy groups -OCH3 is 1. The molecule has 4 aromatic carbocycles. The second kappa shape index (κ2) is 20.5. The summed E-state index contributed by atoms with van der Waals surface area (Å²) in [7, 11) is 3.04. The summed E-state index contributed by atoms with van der Waals surface area (Å²) < 4.78 is 62.4. The Hall–Kier alpha value is -8.56. The average molecular weight is 1020 g/mol. The Morgan fingerprint density at radius 2 is 1.62 bits per heavy atom. The molecular formula is C52H49F3N8O11. The van der Waals surface area contributed by atoms with Crippen molar-refractivity contribution in [3.05, 3.63) is 111 Å². The zero-order chi connectivity index (χ0) is 52.6. The molecule has 0 aliphatic carbocycles. The lowest BCUT2D eigenvalue weighted by Gasteiger charge is -2.31. The number of halogens is 3. The van der Waals surface area contributed by atoms with E-state index in [2.05, 4.69) is 30.7 Å². The molecule has 22 heteroatoms. The normalized spacial score (nSPS) is 16.0. The largest absolute Gasteiger partial charge is 0.573 e. The molecule has 0 spiro atoms. The number of pyridine rings is 1. The van der Waals surface area contributed by atoms with E-state index < -0.39 is 35.4 Å². The fraction of sp³-hybridized carbons (Fsp3) is 0.327. The van der Waals surface area contributed by atoms with Crippen molar-refractivity contribution in [1.82, 2.24) is 29.7 Å². The molecule has 0 radical (unpaired) electrons. The third kappa shape index (κ3) is 10.5. The number of likely N-dealkylation sites (tertiary alicyclic amines) is 1. The van der Waals surface area contributed by atoms with E-state index in [0.29, 0.717) is 88.3 Å². The highest BCUT2D eigenvalue weighted by Crippen LogP contribution is 2.38. The predicted octanol–water partition coefficient (Wildman–Crippen LogP) is 6.71. The lowest BCUT2D eigenvalue weighted by atomic mass is 9.93. The van der Waals surface area contributed by atoms with Gasteiger partial charge in [-0.25, -0.2) is 9.97 Å². The van der Waals surface area contributed by atoms with Gasteiger partial charge in [0.2, 0.25) is 29.0 Å². The zero-order valence-corrected chi connectivity index (χ0v) is 40.5. The number of ether oxygens (including phenoxy) is 4. The number of piperidine rings is 2. The molecule has 1 atom stereocenters. The maximum absolute atomic E-state index is 13.6. The first-order chi connectivity index (χ1) is 35.4. The van der Waals surface area contributed by atoms with Crippen LogP contribution in [0.1, 0.15) is 76.6 Å². The van der Waals surface area contributed by atoms with Crippen molar-refractivity contribution in [1.29, 1.82) is 0 Å². The standard InChI is InChI=1S/C52H49F3N8O11/c1-5-29-19-32(59-49(69)46-27(2)61(3)38-10-8-33(74-52(53,54)55)21-36(38)47(46)67)7-12-40(29)73-50-35-22-41(71-4)42(23-37(35)56-26-57-50)72-25-45(66)62-16-14-28(15-17-62)18-44(65)58-31-6-9-34-30(20-31)24-63(51(34)70)39-11-13-43(64)60-48(39)68/h6-10,12,19-23,26,28,39H,5,11,13-18,24-25H2,1-4H3,(H,58,65)(H,59,69)(H,60,64,68). The van der Waals surface area contributed by atoms with Gasteiger partial charge in [0.15, 0.2) is 18.1 Å². The van der Waals surface area contributed by atoms with Crippen LogP contribution in [0.25, 0.3) is 21.8 Å². The van der Waals surface area contributed by atoms with Gasteiger partial charge in [-0.15, -0.1) is 13.2 Å². The molecular weight excluding hydrogens is 970 g/mol. The Morgan fingerprint density at radius 1 is 0.865 bits per heavy atom. The summed E-state index contributed by atoms with van der Waals surface area (Å²) in [4.78, 5) is 103. The Bertz CT molecular complexity index is 3350. The first-order valence-corrected chi connectivity index (χ1v) is 23.7. The van der Waals surface area contributed by atoms with Gasteiger partial charge >= 0.3 is 6.36 Å². The third-order valence-corrected chi connectivity index (χ3v) is 13.5. The molecule has 74 heavy (non-hydrogen) atoms. The monoisotopic (exact) mass is 1020 g/mol. The number of aromatic nitrogens is 3. The summed E-state index contributed by atoms with van der Waals surface area (Å²) in [5.74, 6) is -1.84. The van der Waals surface area contributed by atoms with Gasteiger partial charge in [-0.1, -0.05) is 6.92 Å². The molecule has 2 saturated heterocycles. The van der Waals surface area contributed by atoms with E-state index in [0.717, 1.165) is 12.1 Å². The highest BCUT2D eigenvalue weighted by Gasteiger charge is 2.39. The van der Waals surface area contributed by atoms with Crippen molar-refractivity contribution in [3.8, 4) is 28.9 Å². The van der Waals surface area contributed by atoms with E-state index in [1.807, 2.05) is 6.92 Å². The van der Waals surface area contributed by atoms with Gasteiger partial charge < -0.3 is 43.9 Å². The first-order valence-electron chi connectivity index (χ1n) is 23.7. The van der Waals surface area contributed by atoms with Crippen molar-refractivity contribution >= 4 is 68.6 Å². The minimum Gasteiger partial charge on any atom is -0.493 e. The van der Waals surface area contributed by atoms with E-state index in [-0.39, 0.29) is 90.3 Å². The molecule has 0 bridgehead atoms. The Morgan fingerprint density at radius 3 is 2.35 bits per heavy atom. The number of carbonyl (C=O) groups is 6. The number of carbonyl (C=O) groups excluding carboxylic acids is 6. The summed E-state index contributed by atoms with van der Waals surface area (Å²) in [6.07, 6.45) is -1.39. The van der Waals surface area contributed by atoms with Crippen LogP contribution >= 0.6 is 0 Å². The van der Waals surface area contributed by atoms with E-state index in [1.54, 1.807) is 72.0 Å². The van der Waals surface area contributed by atoms with Gasteiger partial charge in [0.25, 0.3) is 17.7 Å². The molecule has 1 unspecified atom stereocenters. The fourth-order valence-electron chi connectivity index (χ4n) is 9.57. The molecule has 2 aromatic heterocycles. The summed E-state index contributed by atoms with van der Waals surface area (Å²) in [6, 6.07) is 15.7. The highest BCUT2D eigenvalue weighted by atomic mass is 19.4. The van der Waals surface area contributed by atoms with Crippen LogP contribution < -0.4 is 40.3 Å². The summed E-state index contributed by atoms with van der Waals surface area (Å²) in [5, 5.41) is 8.28. The Balaban J connectivity index is 0.791. The number of amides is 6. The minimum atomic E-state index is -4.98. The number of fused-ring (bicyclic) bond motifs is 3. The smallest absolute Gasteiger partial charge is 0.493 e. The molecule has 3 aliphatic heterocycles. The van der Waals surface area contributed by atoms with Crippen LogP contribution in [-0.2, 0) is 39.2 Å². The number of hydrogen-bond donors (Lipinski definition) is 3. The minimum absolute atomic E-state index is 0.0254. The number of alkyl halides is 3. The number of nitrogens with zero attached hydrogens (tertiary/aromatic N) is 5. The topological polar surface area (TPSA) is 230 Å². The van der Waals surface area contributed by atoms with Crippen molar-refractivity contribution < 1.29 is 60.9 Å². The second-order valence-electron chi connectivity index (χ2n) is 18.1. The van der Waals surface area contributed by atoms with Crippen molar-refractivity contribution in [3.63, 3.8) is 0 Å². The highest BCUT2D eigenvalue weighted by molar-refractivity contribution is 6.07. The van der Waals surface area contributed by atoms with Crippen LogP contribution in [0.15, 0.2) is 77.9 Å². The molecule has 3 aliphatic rings. The lowest BCUT2D eigenvalue weighted by molar-refractivity contribution is -0.274. The van der Waals surface area contributed by atoms with Gasteiger partial charge in [-0.05, 0) is 110 Å². The van der Waals surface area contributed by atoms with Crippen molar-refractivity contribution in [2.45, 2.75) is 71.3 Å². The van der Waals surface area contributed by atoms with Crippen LogP contribution in [0.4, 0.5) is 24.5 Å². The molecule has 19 nitrogen and oxygen atoms in total. The molecule has 3 N–H and O–H groups in total. The van der Waals surface area contributed by atoms with Gasteiger partial charge in [-0.3, -0.25) is 38.9 Å². The fourth-order valence-corrected chi connectivity index (χ4v) is 9.57. The molecule has 6 aromatic rings. The van der Waals surface area contributed by atoms with Crippen LogP contribution in [0, 0.1) is 12.8 Å². The molecule has 0 saturated carbocycles. The first kappa shape index (κ1) is 50.4. The number of aryl methyl sites for hydroxylation is 2. The maximum atomic E-state index is 13.6. The molecule has 2 fully saturated rings. The van der Waals surface area contributed by atoms with Gasteiger partial charge in [-0.2, -0.15) is 0 Å². The quantitative estimate of drug-likeness (QED) is 0.0965. The number of rotatable bonds is 14. The summed E-state index contributed by atoms with van der Waals surface area (Å²) >= 11 is 0. The summed E-state index contributed by atoms with van der Waals surface area (Å²) in [5.41, 5.74) is 2.64. The maximum Gasteiger partial charge on any atom is 0.573 e. The SMILES string of the molecule is CCc1cc(NC(=O)c2c(C)n(C)c3ccc(OC(F)(F)F)cc3c2=O)ccc1Oc1ncnc2cc(OCC(=O)N3CCC(CC(=O)Nc4ccc5c(c4)CN(C4CCC(=O)NC4=O)C5=O)CC3)c(OC)cc12. The zero-order valence-electron chi connectivity index (χ0n) is 40.5. The number of benzene rings is 4. The van der Waals surface area contributed by atoms with Gasteiger partial charge in [0, 0.05) is 68.2 Å².